The van der Waals surface area contributed by atoms with Crippen LogP contribution in [0.4, 0.5) is 4.39 Å². The summed E-state index contributed by atoms with van der Waals surface area (Å²) < 4.78 is 12.9. The van der Waals surface area contributed by atoms with Gasteiger partial charge in [0.15, 0.2) is 0 Å². The zero-order valence-electron chi connectivity index (χ0n) is 12.8. The number of amides is 1. The number of halogens is 1. The Labute approximate surface area is 133 Å². The standard InChI is InChI=1S/C16H19FN2O2S/c1-4-19(10-16(2,3)21)15(20)13-9-22-14(18-13)11-5-7-12(17)8-6-11/h5-9,21H,4,10H2,1-3H3. The third kappa shape index (κ3) is 4.11. The number of nitrogens with zero attached hydrogens (tertiary/aromatic N) is 2. The van der Waals surface area contributed by atoms with Gasteiger partial charge in [0.05, 0.1) is 5.60 Å². The predicted molar refractivity (Wildman–Crippen MR) is 85.4 cm³/mol. The third-order valence-electron chi connectivity index (χ3n) is 3.06. The van der Waals surface area contributed by atoms with Gasteiger partial charge in [0.1, 0.15) is 16.5 Å². The molecule has 0 fully saturated rings. The van der Waals surface area contributed by atoms with Crippen LogP contribution < -0.4 is 0 Å². The summed E-state index contributed by atoms with van der Waals surface area (Å²) in [5.41, 5.74) is 0.160. The number of hydrogen-bond donors (Lipinski definition) is 1. The van der Waals surface area contributed by atoms with Gasteiger partial charge in [-0.2, -0.15) is 0 Å². The molecule has 22 heavy (non-hydrogen) atoms. The second-order valence-electron chi connectivity index (χ2n) is 5.68. The molecule has 0 saturated heterocycles. The molecule has 1 amide bonds. The zero-order chi connectivity index (χ0) is 16.3. The van der Waals surface area contributed by atoms with Gasteiger partial charge < -0.3 is 10.0 Å². The van der Waals surface area contributed by atoms with Crippen molar-refractivity contribution in [1.29, 1.82) is 0 Å². The minimum atomic E-state index is -0.957. The highest BCUT2D eigenvalue weighted by atomic mass is 32.1. The normalized spacial score (nSPS) is 11.5. The van der Waals surface area contributed by atoms with E-state index in [1.54, 1.807) is 36.3 Å². The molecule has 1 aromatic heterocycles. The molecule has 2 rings (SSSR count). The minimum Gasteiger partial charge on any atom is -0.389 e. The van der Waals surface area contributed by atoms with Crippen LogP contribution in [0.3, 0.4) is 0 Å². The summed E-state index contributed by atoms with van der Waals surface area (Å²) in [7, 11) is 0. The third-order valence-corrected chi connectivity index (χ3v) is 3.95. The summed E-state index contributed by atoms with van der Waals surface area (Å²) >= 11 is 1.34. The number of carbonyl (C=O) groups excluding carboxylic acids is 1. The number of rotatable bonds is 5. The van der Waals surface area contributed by atoms with Crippen LogP contribution in [0.25, 0.3) is 10.6 Å². The van der Waals surface area contributed by atoms with Crippen molar-refractivity contribution in [2.75, 3.05) is 13.1 Å². The number of benzene rings is 1. The van der Waals surface area contributed by atoms with E-state index in [9.17, 15) is 14.3 Å². The summed E-state index contributed by atoms with van der Waals surface area (Å²) in [6.45, 7) is 5.91. The molecule has 0 aliphatic heterocycles. The van der Waals surface area contributed by atoms with Gasteiger partial charge in [0.25, 0.3) is 5.91 Å². The van der Waals surface area contributed by atoms with Crippen LogP contribution in [0.2, 0.25) is 0 Å². The number of carbonyl (C=O) groups is 1. The first-order valence-corrected chi connectivity index (χ1v) is 7.91. The fourth-order valence-electron chi connectivity index (χ4n) is 2.05. The van der Waals surface area contributed by atoms with Gasteiger partial charge in [-0.15, -0.1) is 11.3 Å². The first-order valence-electron chi connectivity index (χ1n) is 7.03. The van der Waals surface area contributed by atoms with E-state index in [2.05, 4.69) is 4.98 Å². The molecule has 0 unspecified atom stereocenters. The molecule has 0 aliphatic rings. The number of aromatic nitrogens is 1. The van der Waals surface area contributed by atoms with Crippen molar-refractivity contribution in [3.63, 3.8) is 0 Å². The van der Waals surface area contributed by atoms with Crippen LogP contribution in [0.5, 0.6) is 0 Å². The summed E-state index contributed by atoms with van der Waals surface area (Å²) in [6, 6.07) is 6.00. The Morgan fingerprint density at radius 1 is 1.36 bits per heavy atom. The maximum absolute atomic E-state index is 12.9. The highest BCUT2D eigenvalue weighted by molar-refractivity contribution is 7.13. The Morgan fingerprint density at radius 3 is 2.55 bits per heavy atom. The first-order chi connectivity index (χ1) is 10.3. The molecule has 0 aliphatic carbocycles. The number of hydrogen-bond acceptors (Lipinski definition) is 4. The van der Waals surface area contributed by atoms with Gasteiger partial charge in [0, 0.05) is 24.0 Å². The smallest absolute Gasteiger partial charge is 0.273 e. The van der Waals surface area contributed by atoms with Crippen LogP contribution in [0.1, 0.15) is 31.3 Å². The van der Waals surface area contributed by atoms with E-state index in [-0.39, 0.29) is 18.3 Å². The molecular weight excluding hydrogens is 303 g/mol. The molecule has 2 aromatic rings. The van der Waals surface area contributed by atoms with Gasteiger partial charge in [-0.1, -0.05) is 0 Å². The lowest BCUT2D eigenvalue weighted by Crippen LogP contribution is -2.42. The molecular formula is C16H19FN2O2S. The van der Waals surface area contributed by atoms with Crippen LogP contribution in [0.15, 0.2) is 29.6 Å². The van der Waals surface area contributed by atoms with Crippen molar-refractivity contribution in [1.82, 2.24) is 9.88 Å². The lowest BCUT2D eigenvalue weighted by molar-refractivity contribution is 0.0312. The monoisotopic (exact) mass is 322 g/mol. The maximum Gasteiger partial charge on any atom is 0.273 e. The van der Waals surface area contributed by atoms with E-state index in [0.29, 0.717) is 17.2 Å². The molecule has 1 N–H and O–H groups in total. The molecule has 4 nitrogen and oxygen atoms in total. The Bertz CT molecular complexity index is 647. The lowest BCUT2D eigenvalue weighted by atomic mass is 10.1. The van der Waals surface area contributed by atoms with Crippen molar-refractivity contribution < 1.29 is 14.3 Å². The molecule has 0 radical (unpaired) electrons. The SMILES string of the molecule is CCN(CC(C)(C)O)C(=O)c1csc(-c2ccc(F)cc2)n1. The summed E-state index contributed by atoms with van der Waals surface area (Å²) in [5, 5.41) is 12.2. The Morgan fingerprint density at radius 2 is 2.00 bits per heavy atom. The number of thiazole rings is 1. The Hall–Kier alpha value is -1.79. The van der Waals surface area contributed by atoms with E-state index < -0.39 is 5.60 Å². The molecule has 0 bridgehead atoms. The van der Waals surface area contributed by atoms with E-state index in [1.165, 1.54) is 23.5 Å². The average molecular weight is 322 g/mol. The summed E-state index contributed by atoms with van der Waals surface area (Å²) in [5.74, 6) is -0.520. The molecule has 1 aromatic carbocycles. The van der Waals surface area contributed by atoms with Gasteiger partial charge >= 0.3 is 0 Å². The second-order valence-corrected chi connectivity index (χ2v) is 6.53. The number of aliphatic hydroxyl groups is 1. The quantitative estimate of drug-likeness (QED) is 0.920. The van der Waals surface area contributed by atoms with Crippen molar-refractivity contribution >= 4 is 17.2 Å². The highest BCUT2D eigenvalue weighted by Crippen LogP contribution is 2.24. The average Bonchev–Trinajstić information content (AvgIpc) is 2.93. The lowest BCUT2D eigenvalue weighted by Gasteiger charge is -2.27. The van der Waals surface area contributed by atoms with Gasteiger partial charge in [-0.05, 0) is 45.0 Å². The fourth-order valence-corrected chi connectivity index (χ4v) is 2.85. The Kier molecular flexibility index (Phi) is 4.93. The second kappa shape index (κ2) is 6.54. The zero-order valence-corrected chi connectivity index (χ0v) is 13.7. The molecule has 0 saturated carbocycles. The van der Waals surface area contributed by atoms with Crippen molar-refractivity contribution in [2.45, 2.75) is 26.4 Å². The fraction of sp³-hybridized carbons (Fsp3) is 0.375. The van der Waals surface area contributed by atoms with Crippen molar-refractivity contribution in [2.24, 2.45) is 0 Å². The molecule has 0 spiro atoms. The summed E-state index contributed by atoms with van der Waals surface area (Å²) in [4.78, 5) is 18.3. The van der Waals surface area contributed by atoms with Crippen molar-refractivity contribution in [3.8, 4) is 10.6 Å². The van der Waals surface area contributed by atoms with E-state index in [0.717, 1.165) is 5.56 Å². The van der Waals surface area contributed by atoms with E-state index in [1.807, 2.05) is 6.92 Å². The van der Waals surface area contributed by atoms with Crippen LogP contribution in [0, 0.1) is 5.82 Å². The largest absolute Gasteiger partial charge is 0.389 e. The molecule has 6 heteroatoms. The predicted octanol–water partition coefficient (Wildman–Crippen LogP) is 3.18. The van der Waals surface area contributed by atoms with Crippen LogP contribution in [-0.4, -0.2) is 39.6 Å². The van der Waals surface area contributed by atoms with Gasteiger partial charge in [-0.3, -0.25) is 4.79 Å². The number of likely N-dealkylation sites (N-methyl/N-ethyl adjacent to an activating group) is 1. The van der Waals surface area contributed by atoms with E-state index in [4.69, 9.17) is 0 Å². The van der Waals surface area contributed by atoms with Crippen LogP contribution in [-0.2, 0) is 0 Å². The van der Waals surface area contributed by atoms with Gasteiger partial charge in [-0.25, -0.2) is 9.37 Å². The maximum atomic E-state index is 12.9. The van der Waals surface area contributed by atoms with Crippen molar-refractivity contribution in [3.05, 3.63) is 41.2 Å². The topological polar surface area (TPSA) is 53.4 Å². The molecule has 118 valence electrons. The molecule has 0 atom stereocenters. The molecule has 1 heterocycles. The van der Waals surface area contributed by atoms with E-state index >= 15 is 0 Å². The summed E-state index contributed by atoms with van der Waals surface area (Å²) in [6.07, 6.45) is 0. The Balaban J connectivity index is 2.19. The van der Waals surface area contributed by atoms with Crippen LogP contribution >= 0.6 is 11.3 Å². The van der Waals surface area contributed by atoms with Gasteiger partial charge in [0.2, 0.25) is 0 Å². The first kappa shape index (κ1) is 16.6. The minimum absolute atomic E-state index is 0.214. The highest BCUT2D eigenvalue weighted by Gasteiger charge is 2.24.